The molecule has 1 fully saturated rings. The summed E-state index contributed by atoms with van der Waals surface area (Å²) in [6.07, 6.45) is 3.38. The van der Waals surface area contributed by atoms with Crippen LogP contribution in [-0.2, 0) is 4.79 Å². The van der Waals surface area contributed by atoms with E-state index in [2.05, 4.69) is 38.7 Å². The Morgan fingerprint density at radius 3 is 2.67 bits per heavy atom. The smallest absolute Gasteiger partial charge is 0.224 e. The Balaban J connectivity index is 0.000000361. The van der Waals surface area contributed by atoms with E-state index in [1.807, 2.05) is 12.1 Å². The third-order valence-corrected chi connectivity index (χ3v) is 3.98. The first kappa shape index (κ1) is 15.3. The molecule has 2 N–H and O–H groups in total. The van der Waals surface area contributed by atoms with E-state index >= 15 is 0 Å². The number of carboxylic acid groups (broad SMARTS) is 1. The summed E-state index contributed by atoms with van der Waals surface area (Å²) in [5.74, 6) is -1.08. The highest BCUT2D eigenvalue weighted by Crippen LogP contribution is 2.24. The number of nitrogens with two attached hydrogens (primary N) is 1. The summed E-state index contributed by atoms with van der Waals surface area (Å²) in [4.78, 5) is 11.3. The van der Waals surface area contributed by atoms with Crippen LogP contribution in [0.25, 0.3) is 0 Å². The summed E-state index contributed by atoms with van der Waals surface area (Å²) in [6.45, 7) is 3.18. The van der Waals surface area contributed by atoms with E-state index in [9.17, 15) is 0 Å². The Kier molecular flexibility index (Phi) is 5.16. The molecule has 21 heavy (non-hydrogen) atoms. The van der Waals surface area contributed by atoms with Crippen LogP contribution in [0.5, 0.6) is 0 Å². The van der Waals surface area contributed by atoms with Gasteiger partial charge in [-0.2, -0.15) is 4.57 Å². The zero-order valence-corrected chi connectivity index (χ0v) is 12.8. The lowest BCUT2D eigenvalue weighted by Crippen LogP contribution is -2.38. The van der Waals surface area contributed by atoms with Crippen molar-refractivity contribution in [2.75, 3.05) is 23.7 Å². The number of hydrogen-bond acceptors (Lipinski definition) is 5. The van der Waals surface area contributed by atoms with Gasteiger partial charge in [0.1, 0.15) is 0 Å². The summed E-state index contributed by atoms with van der Waals surface area (Å²) in [5, 5.41) is 11.0. The molecule has 1 aliphatic heterocycles. The number of nitrogen functional groups attached to an aromatic ring is 1. The van der Waals surface area contributed by atoms with Crippen LogP contribution < -0.4 is 20.3 Å². The van der Waals surface area contributed by atoms with Crippen molar-refractivity contribution in [2.45, 2.75) is 19.4 Å². The largest absolute Gasteiger partial charge is 0.550 e. The van der Waals surface area contributed by atoms with Crippen LogP contribution in [0.1, 0.15) is 19.4 Å². The standard InChI is InChI=1S/C13H16N3S.C2H4O2/c14-11-1-3-12(4-2-11)15-6-5-13(9-15)16-7-8-17-10-16;1-2(3)4/h1-4,7-8,10,13H,5-6,9,14H2;1H3,(H,3,4)/q+1;/p-1. The third-order valence-electron chi connectivity index (χ3n) is 3.34. The number of rotatable bonds is 2. The number of nitrogens with zero attached hydrogens (tertiary/aromatic N) is 2. The summed E-state index contributed by atoms with van der Waals surface area (Å²) in [6, 6.07) is 8.77. The SMILES string of the molecule is CC(=O)[O-].Nc1ccc(N2CCC([n+]3ccsc3)C2)cc1. The van der Waals surface area contributed by atoms with Gasteiger partial charge in [-0.3, -0.25) is 0 Å². The first-order valence-corrected chi connectivity index (χ1v) is 7.71. The normalized spacial score (nSPS) is 17.2. The summed E-state index contributed by atoms with van der Waals surface area (Å²) >= 11 is 1.75. The molecule has 1 atom stereocenters. The van der Waals surface area contributed by atoms with E-state index in [-0.39, 0.29) is 0 Å². The van der Waals surface area contributed by atoms with E-state index < -0.39 is 5.97 Å². The predicted octanol–water partition coefficient (Wildman–Crippen LogP) is 0.825. The van der Waals surface area contributed by atoms with Crippen LogP contribution in [0.15, 0.2) is 41.4 Å². The van der Waals surface area contributed by atoms with Gasteiger partial charge in [-0.05, 0) is 31.2 Å². The van der Waals surface area contributed by atoms with Crippen molar-refractivity contribution in [1.82, 2.24) is 0 Å². The van der Waals surface area contributed by atoms with Gasteiger partial charge in [0, 0.05) is 30.3 Å². The molecule has 1 aromatic heterocycles. The second-order valence-electron chi connectivity index (χ2n) is 4.95. The van der Waals surface area contributed by atoms with Gasteiger partial charge in [0.25, 0.3) is 0 Å². The number of aromatic nitrogens is 1. The molecule has 3 rings (SSSR count). The molecular weight excluding hydrogens is 286 g/mol. The van der Waals surface area contributed by atoms with Crippen LogP contribution in [0.4, 0.5) is 11.4 Å². The zero-order valence-electron chi connectivity index (χ0n) is 11.9. The van der Waals surface area contributed by atoms with Gasteiger partial charge in [0.15, 0.2) is 12.2 Å². The predicted molar refractivity (Wildman–Crippen MR) is 81.9 cm³/mol. The highest BCUT2D eigenvalue weighted by atomic mass is 32.1. The van der Waals surface area contributed by atoms with Crippen molar-refractivity contribution in [3.63, 3.8) is 0 Å². The lowest BCUT2D eigenvalue weighted by atomic mass is 10.2. The molecule has 0 amide bonds. The maximum atomic E-state index is 8.89. The Labute approximate surface area is 128 Å². The molecule has 0 radical (unpaired) electrons. The highest BCUT2D eigenvalue weighted by molar-refractivity contribution is 7.07. The quantitative estimate of drug-likeness (QED) is 0.659. The maximum absolute atomic E-state index is 8.89. The second kappa shape index (κ2) is 7.08. The summed E-state index contributed by atoms with van der Waals surface area (Å²) in [5.41, 5.74) is 10.0. The Morgan fingerprint density at radius 1 is 1.43 bits per heavy atom. The van der Waals surface area contributed by atoms with Gasteiger partial charge < -0.3 is 20.5 Å². The van der Waals surface area contributed by atoms with Gasteiger partial charge in [-0.1, -0.05) is 11.3 Å². The molecule has 112 valence electrons. The monoisotopic (exact) mass is 305 g/mol. The Bertz CT molecular complexity index is 565. The first-order valence-electron chi connectivity index (χ1n) is 6.77. The van der Waals surface area contributed by atoms with Crippen molar-refractivity contribution < 1.29 is 14.5 Å². The molecule has 2 aromatic rings. The van der Waals surface area contributed by atoms with Gasteiger partial charge >= 0.3 is 0 Å². The number of aliphatic carboxylic acids is 1. The fraction of sp³-hybridized carbons (Fsp3) is 0.333. The van der Waals surface area contributed by atoms with Crippen molar-refractivity contribution >= 4 is 28.7 Å². The van der Waals surface area contributed by atoms with Gasteiger partial charge in [0.05, 0.1) is 11.9 Å². The van der Waals surface area contributed by atoms with Crippen LogP contribution in [-0.4, -0.2) is 19.1 Å². The number of carbonyl (C=O) groups is 1. The molecule has 0 aliphatic carbocycles. The lowest BCUT2D eigenvalue weighted by molar-refractivity contribution is -0.714. The minimum Gasteiger partial charge on any atom is -0.550 e. The molecule has 1 saturated heterocycles. The topological polar surface area (TPSA) is 73.3 Å². The van der Waals surface area contributed by atoms with Gasteiger partial charge in [0.2, 0.25) is 5.51 Å². The summed E-state index contributed by atoms with van der Waals surface area (Å²) in [7, 11) is 0. The van der Waals surface area contributed by atoms with E-state index in [0.717, 1.165) is 25.7 Å². The molecule has 5 nitrogen and oxygen atoms in total. The molecule has 0 saturated carbocycles. The minimum atomic E-state index is -1.08. The molecular formula is C15H19N3O2S. The van der Waals surface area contributed by atoms with Gasteiger partial charge in [-0.25, -0.2) is 0 Å². The lowest BCUT2D eigenvalue weighted by Gasteiger charge is -2.17. The van der Waals surface area contributed by atoms with Crippen LogP contribution in [0, 0.1) is 0 Å². The van der Waals surface area contributed by atoms with E-state index in [1.165, 1.54) is 12.1 Å². The average Bonchev–Trinajstić information content (AvgIpc) is 3.10. The van der Waals surface area contributed by atoms with E-state index in [4.69, 9.17) is 15.6 Å². The molecule has 0 spiro atoms. The Hall–Kier alpha value is -2.08. The molecule has 1 unspecified atom stereocenters. The molecule has 1 aliphatic rings. The van der Waals surface area contributed by atoms with E-state index in [1.54, 1.807) is 11.3 Å². The second-order valence-corrected chi connectivity index (χ2v) is 5.70. The zero-order chi connectivity index (χ0) is 15.2. The van der Waals surface area contributed by atoms with Crippen molar-refractivity contribution in [3.8, 4) is 0 Å². The fourth-order valence-electron chi connectivity index (χ4n) is 2.36. The minimum absolute atomic E-state index is 0.610. The molecule has 2 heterocycles. The highest BCUT2D eigenvalue weighted by Gasteiger charge is 2.29. The Morgan fingerprint density at radius 2 is 2.10 bits per heavy atom. The molecule has 6 heteroatoms. The third kappa shape index (κ3) is 4.46. The first-order chi connectivity index (χ1) is 10.1. The van der Waals surface area contributed by atoms with Crippen molar-refractivity contribution in [1.29, 1.82) is 0 Å². The summed E-state index contributed by atoms with van der Waals surface area (Å²) < 4.78 is 2.32. The van der Waals surface area contributed by atoms with Crippen molar-refractivity contribution in [2.24, 2.45) is 0 Å². The fourth-order valence-corrected chi connectivity index (χ4v) is 3.02. The van der Waals surface area contributed by atoms with Crippen LogP contribution >= 0.6 is 11.3 Å². The maximum Gasteiger partial charge on any atom is 0.224 e. The number of carbonyl (C=O) groups excluding carboxylic acids is 1. The number of anilines is 2. The number of hydrogen-bond donors (Lipinski definition) is 1. The van der Waals surface area contributed by atoms with Crippen LogP contribution in [0.2, 0.25) is 0 Å². The molecule has 1 aromatic carbocycles. The number of thiazole rings is 1. The molecule has 0 bridgehead atoms. The van der Waals surface area contributed by atoms with Crippen LogP contribution in [0.3, 0.4) is 0 Å². The van der Waals surface area contributed by atoms with Crippen molar-refractivity contribution in [3.05, 3.63) is 41.4 Å². The van der Waals surface area contributed by atoms with Gasteiger partial charge in [-0.15, -0.1) is 0 Å². The average molecular weight is 305 g/mol. The number of carboxylic acids is 1. The number of benzene rings is 1. The van der Waals surface area contributed by atoms with E-state index in [0.29, 0.717) is 6.04 Å².